The molecule has 2 saturated heterocycles. The molecule has 0 spiro atoms. The lowest BCUT2D eigenvalue weighted by Crippen LogP contribution is -2.41. The summed E-state index contributed by atoms with van der Waals surface area (Å²) in [5, 5.41) is 0. The van der Waals surface area contributed by atoms with Crippen molar-refractivity contribution in [2.75, 3.05) is 19.8 Å². The van der Waals surface area contributed by atoms with E-state index >= 15 is 0 Å². The number of carbonyl (C=O) groups is 1. The van der Waals surface area contributed by atoms with Crippen LogP contribution in [0.25, 0.3) is 0 Å². The largest absolute Gasteiger partial charge is 0.381 e. The highest BCUT2D eigenvalue weighted by atomic mass is 16.5. The monoisotopic (exact) mass is 224 g/mol. The Labute approximate surface area is 96.1 Å². The minimum Gasteiger partial charge on any atom is -0.381 e. The van der Waals surface area contributed by atoms with Crippen LogP contribution in [0.5, 0.6) is 0 Å². The first-order valence-electron chi connectivity index (χ1n) is 6.38. The van der Waals surface area contributed by atoms with Gasteiger partial charge in [0.2, 0.25) is 5.91 Å². The third kappa shape index (κ3) is 1.74. The van der Waals surface area contributed by atoms with E-state index in [1.165, 1.54) is 6.42 Å². The molecule has 0 radical (unpaired) electrons. The van der Waals surface area contributed by atoms with Crippen molar-refractivity contribution in [3.8, 4) is 0 Å². The van der Waals surface area contributed by atoms with Gasteiger partial charge in [0.05, 0.1) is 12.5 Å². The van der Waals surface area contributed by atoms with E-state index in [0.717, 1.165) is 32.4 Å². The first kappa shape index (κ1) is 10.5. The van der Waals surface area contributed by atoms with Crippen LogP contribution in [0.3, 0.4) is 0 Å². The minimum atomic E-state index is 0.121. The maximum atomic E-state index is 12.3. The molecule has 2 bridgehead atoms. The van der Waals surface area contributed by atoms with Crippen LogP contribution in [0, 0.1) is 11.8 Å². The zero-order chi connectivity index (χ0) is 11.1. The smallest absolute Gasteiger partial charge is 0.228 e. The quantitative estimate of drug-likeness (QED) is 0.699. The number of nitrogens with two attached hydrogens (primary N) is 1. The summed E-state index contributed by atoms with van der Waals surface area (Å²) < 4.78 is 5.30. The number of likely N-dealkylation sites (tertiary alicyclic amines) is 1. The van der Waals surface area contributed by atoms with Crippen molar-refractivity contribution < 1.29 is 9.53 Å². The molecule has 0 aromatic carbocycles. The fourth-order valence-corrected chi connectivity index (χ4v) is 3.52. The number of carbonyl (C=O) groups excluding carboxylic acids is 1. The van der Waals surface area contributed by atoms with Gasteiger partial charge in [0, 0.05) is 25.2 Å². The van der Waals surface area contributed by atoms with Gasteiger partial charge in [0.25, 0.3) is 0 Å². The van der Waals surface area contributed by atoms with Gasteiger partial charge in [-0.15, -0.1) is 0 Å². The van der Waals surface area contributed by atoms with E-state index in [0.29, 0.717) is 30.5 Å². The predicted molar refractivity (Wildman–Crippen MR) is 59.7 cm³/mol. The zero-order valence-electron chi connectivity index (χ0n) is 9.60. The van der Waals surface area contributed by atoms with Crippen LogP contribution in [0.4, 0.5) is 0 Å². The molecule has 1 aliphatic carbocycles. The maximum absolute atomic E-state index is 12.3. The summed E-state index contributed by atoms with van der Waals surface area (Å²) in [5.41, 5.74) is 6.01. The average Bonchev–Trinajstić information content (AvgIpc) is 2.85. The van der Waals surface area contributed by atoms with Crippen LogP contribution < -0.4 is 5.73 Å². The lowest BCUT2D eigenvalue weighted by molar-refractivity contribution is -0.136. The summed E-state index contributed by atoms with van der Waals surface area (Å²) in [7, 11) is 0. The molecule has 3 fully saturated rings. The Bertz CT molecular complexity index is 289. The third-order valence-corrected chi connectivity index (χ3v) is 4.27. The van der Waals surface area contributed by atoms with Crippen LogP contribution in [0.2, 0.25) is 0 Å². The van der Waals surface area contributed by atoms with Crippen molar-refractivity contribution in [2.24, 2.45) is 17.6 Å². The second-order valence-corrected chi connectivity index (χ2v) is 5.54. The van der Waals surface area contributed by atoms with Crippen molar-refractivity contribution in [2.45, 2.75) is 37.8 Å². The van der Waals surface area contributed by atoms with Gasteiger partial charge in [-0.1, -0.05) is 0 Å². The molecule has 2 aliphatic heterocycles. The number of ether oxygens (including phenoxy) is 1. The Balaban J connectivity index is 1.68. The number of nitrogens with zero attached hydrogens (tertiary/aromatic N) is 1. The van der Waals surface area contributed by atoms with E-state index in [4.69, 9.17) is 10.5 Å². The standard InChI is InChI=1S/C12H20N2O2/c13-10-3-8-4-11(5-10)14(6-8)12(15)9-1-2-16-7-9/h8-11H,1-7,13H2. The summed E-state index contributed by atoms with van der Waals surface area (Å²) in [6, 6.07) is 0.725. The van der Waals surface area contributed by atoms with Crippen LogP contribution in [0.1, 0.15) is 25.7 Å². The molecule has 2 N–H and O–H groups in total. The molecule has 1 amide bonds. The van der Waals surface area contributed by atoms with E-state index in [2.05, 4.69) is 4.90 Å². The first-order valence-corrected chi connectivity index (χ1v) is 6.38. The molecule has 0 aromatic heterocycles. The van der Waals surface area contributed by atoms with Crippen molar-refractivity contribution >= 4 is 5.91 Å². The number of amides is 1. The minimum absolute atomic E-state index is 0.121. The Morgan fingerprint density at radius 1 is 1.31 bits per heavy atom. The third-order valence-electron chi connectivity index (χ3n) is 4.27. The van der Waals surface area contributed by atoms with Crippen molar-refractivity contribution in [3.63, 3.8) is 0 Å². The highest BCUT2D eigenvalue weighted by molar-refractivity contribution is 5.80. The van der Waals surface area contributed by atoms with E-state index in [1.807, 2.05) is 0 Å². The summed E-state index contributed by atoms with van der Waals surface area (Å²) >= 11 is 0. The molecule has 4 nitrogen and oxygen atoms in total. The molecule has 4 unspecified atom stereocenters. The molecule has 4 atom stereocenters. The zero-order valence-corrected chi connectivity index (χ0v) is 9.60. The second-order valence-electron chi connectivity index (χ2n) is 5.54. The maximum Gasteiger partial charge on any atom is 0.228 e. The summed E-state index contributed by atoms with van der Waals surface area (Å²) in [6.45, 7) is 2.31. The molecule has 16 heavy (non-hydrogen) atoms. The Morgan fingerprint density at radius 2 is 2.19 bits per heavy atom. The second kappa shape index (κ2) is 4.00. The Morgan fingerprint density at radius 3 is 2.94 bits per heavy atom. The number of fused-ring (bicyclic) bond motifs is 2. The SMILES string of the molecule is NC1CC2CC(C1)N(C(=O)C1CCOC1)C2. The number of hydrogen-bond donors (Lipinski definition) is 1. The highest BCUT2D eigenvalue weighted by Crippen LogP contribution is 2.36. The summed E-state index contributed by atoms with van der Waals surface area (Å²) in [6.07, 6.45) is 4.17. The van der Waals surface area contributed by atoms with Crippen LogP contribution in [-0.4, -0.2) is 42.6 Å². The fraction of sp³-hybridized carbons (Fsp3) is 0.917. The van der Waals surface area contributed by atoms with Crippen molar-refractivity contribution in [1.29, 1.82) is 0 Å². The normalized spacial score (nSPS) is 42.7. The number of rotatable bonds is 1. The predicted octanol–water partition coefficient (Wildman–Crippen LogP) is 0.361. The lowest BCUT2D eigenvalue weighted by Gasteiger charge is -2.28. The molecule has 2 heterocycles. The van der Waals surface area contributed by atoms with Gasteiger partial charge in [-0.25, -0.2) is 0 Å². The van der Waals surface area contributed by atoms with Gasteiger partial charge in [0.1, 0.15) is 0 Å². The van der Waals surface area contributed by atoms with E-state index in [1.54, 1.807) is 0 Å². The molecule has 0 aromatic rings. The summed E-state index contributed by atoms with van der Waals surface area (Å²) in [4.78, 5) is 14.4. The molecule has 3 rings (SSSR count). The van der Waals surface area contributed by atoms with Gasteiger partial charge < -0.3 is 15.4 Å². The van der Waals surface area contributed by atoms with Crippen LogP contribution in [-0.2, 0) is 9.53 Å². The van der Waals surface area contributed by atoms with Crippen LogP contribution in [0.15, 0.2) is 0 Å². The highest BCUT2D eigenvalue weighted by Gasteiger charge is 2.42. The summed E-state index contributed by atoms with van der Waals surface area (Å²) in [5.74, 6) is 1.09. The van der Waals surface area contributed by atoms with Crippen molar-refractivity contribution in [3.05, 3.63) is 0 Å². The molecular formula is C12H20N2O2. The molecule has 3 aliphatic rings. The van der Waals surface area contributed by atoms with E-state index in [9.17, 15) is 4.79 Å². The van der Waals surface area contributed by atoms with Gasteiger partial charge in [-0.05, 0) is 31.6 Å². The van der Waals surface area contributed by atoms with Crippen molar-refractivity contribution in [1.82, 2.24) is 4.90 Å². The molecular weight excluding hydrogens is 204 g/mol. The first-order chi connectivity index (χ1) is 7.74. The Kier molecular flexibility index (Phi) is 2.64. The average molecular weight is 224 g/mol. The van der Waals surface area contributed by atoms with Crippen LogP contribution >= 0.6 is 0 Å². The molecule has 90 valence electrons. The van der Waals surface area contributed by atoms with Gasteiger partial charge in [0.15, 0.2) is 0 Å². The van der Waals surface area contributed by atoms with Gasteiger partial charge >= 0.3 is 0 Å². The molecule has 1 saturated carbocycles. The van der Waals surface area contributed by atoms with E-state index < -0.39 is 0 Å². The van der Waals surface area contributed by atoms with Gasteiger partial charge in [-0.2, -0.15) is 0 Å². The lowest BCUT2D eigenvalue weighted by atomic mass is 9.87. The topological polar surface area (TPSA) is 55.6 Å². The Hall–Kier alpha value is -0.610. The fourth-order valence-electron chi connectivity index (χ4n) is 3.52. The van der Waals surface area contributed by atoms with E-state index in [-0.39, 0.29) is 5.92 Å². The van der Waals surface area contributed by atoms with Gasteiger partial charge in [-0.3, -0.25) is 4.79 Å². The molecule has 4 heteroatoms. The number of hydrogen-bond acceptors (Lipinski definition) is 3.